The number of nitrogens with zero attached hydrogens (tertiary/aromatic N) is 1. The Labute approximate surface area is 68.5 Å². The number of ether oxygens (including phenoxy) is 1. The van der Waals surface area contributed by atoms with Crippen LogP contribution in [0.3, 0.4) is 0 Å². The van der Waals surface area contributed by atoms with Gasteiger partial charge >= 0.3 is 0 Å². The van der Waals surface area contributed by atoms with Crippen LogP contribution in [0.15, 0.2) is 0 Å². The summed E-state index contributed by atoms with van der Waals surface area (Å²) in [6, 6.07) is 0.604. The molecule has 0 radical (unpaired) electrons. The lowest BCUT2D eigenvalue weighted by Crippen LogP contribution is -2.40. The number of likely N-dealkylation sites (N-methyl/N-ethyl adjacent to an activating group) is 1. The molecule has 1 fully saturated rings. The lowest BCUT2D eigenvalue weighted by Gasteiger charge is -2.30. The lowest BCUT2D eigenvalue weighted by molar-refractivity contribution is 0.0287. The van der Waals surface area contributed by atoms with E-state index in [4.69, 9.17) is 10.5 Å². The molecule has 0 saturated carbocycles. The predicted octanol–water partition coefficient (Wildman–Crippen LogP) is 0.0559. The summed E-state index contributed by atoms with van der Waals surface area (Å²) in [6.45, 7) is 3.55. The molecule has 0 aliphatic carbocycles. The van der Waals surface area contributed by atoms with Gasteiger partial charge in [0.05, 0.1) is 6.61 Å². The lowest BCUT2D eigenvalue weighted by atomic mass is 10.1. The minimum atomic E-state index is 0.604. The van der Waals surface area contributed by atoms with Gasteiger partial charge in [0, 0.05) is 25.7 Å². The first-order valence-corrected chi connectivity index (χ1v) is 4.32. The fourth-order valence-electron chi connectivity index (χ4n) is 1.46. The van der Waals surface area contributed by atoms with Crippen LogP contribution in [0.25, 0.3) is 0 Å². The van der Waals surface area contributed by atoms with Crippen LogP contribution in [0.4, 0.5) is 0 Å². The van der Waals surface area contributed by atoms with Gasteiger partial charge in [0.25, 0.3) is 0 Å². The van der Waals surface area contributed by atoms with E-state index in [-0.39, 0.29) is 0 Å². The van der Waals surface area contributed by atoms with Crippen molar-refractivity contribution in [2.24, 2.45) is 5.73 Å². The molecule has 1 saturated heterocycles. The van der Waals surface area contributed by atoms with E-state index in [0.717, 1.165) is 26.3 Å². The van der Waals surface area contributed by atoms with Gasteiger partial charge in [-0.2, -0.15) is 0 Å². The normalized spacial score (nSPS) is 25.9. The minimum absolute atomic E-state index is 0.604. The first-order chi connectivity index (χ1) is 5.34. The number of nitrogens with two attached hydrogens (primary N) is 1. The van der Waals surface area contributed by atoms with E-state index < -0.39 is 0 Å². The Morgan fingerprint density at radius 1 is 1.64 bits per heavy atom. The largest absolute Gasteiger partial charge is 0.380 e. The van der Waals surface area contributed by atoms with Gasteiger partial charge in [-0.25, -0.2) is 0 Å². The average Bonchev–Trinajstić information content (AvgIpc) is 2.07. The molecule has 66 valence electrons. The molecule has 0 aromatic rings. The second-order valence-electron chi connectivity index (χ2n) is 3.14. The molecule has 1 aliphatic heterocycles. The molecule has 1 unspecified atom stereocenters. The summed E-state index contributed by atoms with van der Waals surface area (Å²) in [5.41, 5.74) is 5.45. The second-order valence-corrected chi connectivity index (χ2v) is 3.14. The number of hydrogen-bond donors (Lipinski definition) is 1. The van der Waals surface area contributed by atoms with Crippen LogP contribution in [0.5, 0.6) is 0 Å². The Morgan fingerprint density at radius 2 is 2.45 bits per heavy atom. The molecule has 1 atom stereocenters. The van der Waals surface area contributed by atoms with Crippen molar-refractivity contribution in [3.8, 4) is 0 Å². The van der Waals surface area contributed by atoms with E-state index in [1.807, 2.05) is 0 Å². The zero-order valence-electron chi connectivity index (χ0n) is 7.25. The van der Waals surface area contributed by atoms with Crippen LogP contribution in [0, 0.1) is 0 Å². The third-order valence-corrected chi connectivity index (χ3v) is 2.24. The molecule has 0 aromatic carbocycles. The van der Waals surface area contributed by atoms with Crippen LogP contribution in [-0.4, -0.2) is 44.3 Å². The molecular formula is C8H18N2O. The molecule has 1 rings (SSSR count). The fourth-order valence-corrected chi connectivity index (χ4v) is 1.46. The summed E-state index contributed by atoms with van der Waals surface area (Å²) < 4.78 is 5.37. The van der Waals surface area contributed by atoms with Crippen molar-refractivity contribution in [3.63, 3.8) is 0 Å². The van der Waals surface area contributed by atoms with Gasteiger partial charge in [-0.05, 0) is 19.9 Å². The molecule has 2 N–H and O–H groups in total. The Bertz CT molecular complexity index is 102. The standard InChI is InChI=1S/C8H18N2O/c1-10(5-4-9)8-3-2-6-11-7-8/h8H,2-7,9H2,1H3. The van der Waals surface area contributed by atoms with Crippen LogP contribution < -0.4 is 5.73 Å². The topological polar surface area (TPSA) is 38.5 Å². The second kappa shape index (κ2) is 4.70. The van der Waals surface area contributed by atoms with Gasteiger partial charge in [-0.1, -0.05) is 0 Å². The summed E-state index contributed by atoms with van der Waals surface area (Å²) in [5.74, 6) is 0. The summed E-state index contributed by atoms with van der Waals surface area (Å²) >= 11 is 0. The molecule has 3 heteroatoms. The highest BCUT2D eigenvalue weighted by Gasteiger charge is 2.17. The minimum Gasteiger partial charge on any atom is -0.380 e. The third kappa shape index (κ3) is 2.77. The van der Waals surface area contributed by atoms with Gasteiger partial charge in [-0.15, -0.1) is 0 Å². The summed E-state index contributed by atoms with van der Waals surface area (Å²) in [5, 5.41) is 0. The van der Waals surface area contributed by atoms with Gasteiger partial charge in [0.1, 0.15) is 0 Å². The maximum Gasteiger partial charge on any atom is 0.0621 e. The highest BCUT2D eigenvalue weighted by Crippen LogP contribution is 2.10. The Balaban J connectivity index is 2.21. The van der Waals surface area contributed by atoms with E-state index in [1.54, 1.807) is 0 Å². The molecule has 1 heterocycles. The highest BCUT2D eigenvalue weighted by molar-refractivity contribution is 4.71. The highest BCUT2D eigenvalue weighted by atomic mass is 16.5. The number of hydrogen-bond acceptors (Lipinski definition) is 3. The third-order valence-electron chi connectivity index (χ3n) is 2.24. The Hall–Kier alpha value is -0.120. The predicted molar refractivity (Wildman–Crippen MR) is 45.5 cm³/mol. The van der Waals surface area contributed by atoms with Crippen LogP contribution >= 0.6 is 0 Å². The van der Waals surface area contributed by atoms with E-state index >= 15 is 0 Å². The van der Waals surface area contributed by atoms with Gasteiger partial charge in [-0.3, -0.25) is 4.90 Å². The van der Waals surface area contributed by atoms with E-state index in [2.05, 4.69) is 11.9 Å². The van der Waals surface area contributed by atoms with Crippen molar-refractivity contribution >= 4 is 0 Å². The summed E-state index contributed by atoms with van der Waals surface area (Å²) in [4.78, 5) is 2.29. The first-order valence-electron chi connectivity index (χ1n) is 4.32. The van der Waals surface area contributed by atoms with Crippen molar-refractivity contribution in [2.45, 2.75) is 18.9 Å². The van der Waals surface area contributed by atoms with Crippen LogP contribution in [0.1, 0.15) is 12.8 Å². The molecule has 0 spiro atoms. The maximum atomic E-state index is 5.45. The molecule has 0 bridgehead atoms. The van der Waals surface area contributed by atoms with Crippen molar-refractivity contribution in [1.29, 1.82) is 0 Å². The summed E-state index contributed by atoms with van der Waals surface area (Å²) in [7, 11) is 2.12. The summed E-state index contributed by atoms with van der Waals surface area (Å²) in [6.07, 6.45) is 2.45. The Morgan fingerprint density at radius 3 is 3.00 bits per heavy atom. The molecule has 0 aromatic heterocycles. The Kier molecular flexibility index (Phi) is 3.83. The fraction of sp³-hybridized carbons (Fsp3) is 1.00. The van der Waals surface area contributed by atoms with Crippen LogP contribution in [0.2, 0.25) is 0 Å². The average molecular weight is 158 g/mol. The maximum absolute atomic E-state index is 5.45. The molecule has 1 aliphatic rings. The quantitative estimate of drug-likeness (QED) is 0.631. The molecular weight excluding hydrogens is 140 g/mol. The van der Waals surface area contributed by atoms with Crippen molar-refractivity contribution in [3.05, 3.63) is 0 Å². The monoisotopic (exact) mass is 158 g/mol. The zero-order chi connectivity index (χ0) is 8.10. The van der Waals surface area contributed by atoms with E-state index in [1.165, 1.54) is 12.8 Å². The van der Waals surface area contributed by atoms with E-state index in [9.17, 15) is 0 Å². The smallest absolute Gasteiger partial charge is 0.0621 e. The number of rotatable bonds is 3. The SMILES string of the molecule is CN(CCN)C1CCCOC1. The van der Waals surface area contributed by atoms with Crippen LogP contribution in [-0.2, 0) is 4.74 Å². The van der Waals surface area contributed by atoms with Crippen molar-refractivity contribution < 1.29 is 4.74 Å². The first kappa shape index (κ1) is 8.97. The van der Waals surface area contributed by atoms with Gasteiger partial charge in [0.2, 0.25) is 0 Å². The molecule has 0 amide bonds. The van der Waals surface area contributed by atoms with Gasteiger partial charge < -0.3 is 10.5 Å². The van der Waals surface area contributed by atoms with Crippen molar-refractivity contribution in [2.75, 3.05) is 33.4 Å². The molecule has 3 nitrogen and oxygen atoms in total. The van der Waals surface area contributed by atoms with E-state index in [0.29, 0.717) is 6.04 Å². The zero-order valence-corrected chi connectivity index (χ0v) is 7.25. The molecule has 11 heavy (non-hydrogen) atoms. The van der Waals surface area contributed by atoms with Crippen molar-refractivity contribution in [1.82, 2.24) is 4.90 Å². The van der Waals surface area contributed by atoms with Gasteiger partial charge in [0.15, 0.2) is 0 Å².